The number of hydrogen-bond donors (Lipinski definition) is 1. The largest absolute Gasteiger partial charge is 0.356 e. The summed E-state index contributed by atoms with van der Waals surface area (Å²) in [6, 6.07) is 9.41. The molecule has 9 nitrogen and oxygen atoms in total. The van der Waals surface area contributed by atoms with E-state index < -0.39 is 16.5 Å². The number of anilines is 1. The molecule has 1 N–H and O–H groups in total. The zero-order valence-corrected chi connectivity index (χ0v) is 18.3. The third-order valence-electron chi connectivity index (χ3n) is 4.76. The van der Waals surface area contributed by atoms with E-state index in [1.165, 1.54) is 12.0 Å². The SMILES string of the molecule is Cc1cnc(N(C=O)CCc2ccccc2)cn1.O=C(N=S(=O)=O)NC1CCCCC1. The third kappa shape index (κ3) is 9.47. The van der Waals surface area contributed by atoms with Gasteiger partial charge in [0.25, 0.3) is 0 Å². The highest BCUT2D eigenvalue weighted by Crippen LogP contribution is 2.17. The van der Waals surface area contributed by atoms with Crippen LogP contribution in [0.1, 0.15) is 43.4 Å². The van der Waals surface area contributed by atoms with Gasteiger partial charge < -0.3 is 5.32 Å². The number of carbonyl (C=O) groups is 2. The van der Waals surface area contributed by atoms with E-state index in [0.29, 0.717) is 12.4 Å². The van der Waals surface area contributed by atoms with Gasteiger partial charge in [0.05, 0.1) is 18.1 Å². The summed E-state index contributed by atoms with van der Waals surface area (Å²) in [5, 5.41) is 2.55. The fourth-order valence-electron chi connectivity index (χ4n) is 3.17. The first-order chi connectivity index (χ1) is 15.0. The summed E-state index contributed by atoms with van der Waals surface area (Å²) in [7, 11) is -2.64. The van der Waals surface area contributed by atoms with E-state index in [1.54, 1.807) is 17.3 Å². The van der Waals surface area contributed by atoms with Crippen LogP contribution in [0.5, 0.6) is 0 Å². The van der Waals surface area contributed by atoms with Crippen molar-refractivity contribution in [3.05, 3.63) is 54.0 Å². The number of aryl methyl sites for hydroxylation is 1. The summed E-state index contributed by atoms with van der Waals surface area (Å²) in [6.45, 7) is 2.47. The van der Waals surface area contributed by atoms with E-state index >= 15 is 0 Å². The van der Waals surface area contributed by atoms with Crippen LogP contribution in [0.2, 0.25) is 0 Å². The first-order valence-electron chi connectivity index (χ1n) is 10.1. The van der Waals surface area contributed by atoms with Crippen molar-refractivity contribution in [2.75, 3.05) is 11.4 Å². The molecule has 0 radical (unpaired) electrons. The number of carbonyl (C=O) groups excluding carboxylic acids is 2. The first-order valence-corrected chi connectivity index (χ1v) is 11.2. The van der Waals surface area contributed by atoms with E-state index in [-0.39, 0.29) is 6.04 Å². The Morgan fingerprint density at radius 3 is 2.45 bits per heavy atom. The molecule has 3 amide bonds. The molecule has 10 heteroatoms. The van der Waals surface area contributed by atoms with Crippen LogP contribution in [-0.2, 0) is 21.7 Å². The molecular weight excluding hydrogens is 418 g/mol. The van der Waals surface area contributed by atoms with Crippen molar-refractivity contribution in [1.82, 2.24) is 15.3 Å². The van der Waals surface area contributed by atoms with Crippen LogP contribution in [0, 0.1) is 6.92 Å². The highest BCUT2D eigenvalue weighted by Gasteiger charge is 2.15. The van der Waals surface area contributed by atoms with Crippen LogP contribution in [0.15, 0.2) is 47.1 Å². The summed E-state index contributed by atoms with van der Waals surface area (Å²) < 4.78 is 22.9. The van der Waals surface area contributed by atoms with Crippen LogP contribution in [-0.4, -0.2) is 43.4 Å². The smallest absolute Gasteiger partial charge is 0.333 e. The van der Waals surface area contributed by atoms with Gasteiger partial charge in [-0.05, 0) is 31.7 Å². The van der Waals surface area contributed by atoms with Crippen LogP contribution in [0.3, 0.4) is 0 Å². The first kappa shape index (κ1) is 24.1. The molecule has 0 atom stereocenters. The quantitative estimate of drug-likeness (QED) is 0.682. The molecule has 0 spiro atoms. The molecule has 0 unspecified atom stereocenters. The fourth-order valence-corrected chi connectivity index (χ4v) is 3.35. The number of hydrogen-bond acceptors (Lipinski definition) is 6. The summed E-state index contributed by atoms with van der Waals surface area (Å²) in [5.74, 6) is 0.589. The number of rotatable bonds is 6. The molecule has 3 rings (SSSR count). The lowest BCUT2D eigenvalue weighted by Crippen LogP contribution is -2.34. The zero-order chi connectivity index (χ0) is 22.5. The Bertz CT molecular complexity index is 951. The van der Waals surface area contributed by atoms with Gasteiger partial charge in [0.1, 0.15) is 0 Å². The Labute approximate surface area is 183 Å². The highest BCUT2D eigenvalue weighted by molar-refractivity contribution is 7.62. The van der Waals surface area contributed by atoms with Gasteiger partial charge in [-0.1, -0.05) is 54.0 Å². The summed E-state index contributed by atoms with van der Waals surface area (Å²) >= 11 is 0. The average Bonchev–Trinajstić information content (AvgIpc) is 2.76. The summed E-state index contributed by atoms with van der Waals surface area (Å²) in [6.07, 6.45) is 10.1. The molecule has 1 fully saturated rings. The molecule has 166 valence electrons. The minimum Gasteiger partial charge on any atom is -0.333 e. The molecule has 0 aliphatic heterocycles. The Hall–Kier alpha value is -3.14. The monoisotopic (exact) mass is 445 g/mol. The molecule has 2 aromatic rings. The number of nitrogens with one attached hydrogen (secondary N) is 1. The van der Waals surface area contributed by atoms with Crippen molar-refractivity contribution < 1.29 is 18.0 Å². The predicted molar refractivity (Wildman–Crippen MR) is 117 cm³/mol. The lowest BCUT2D eigenvalue weighted by molar-refractivity contribution is -0.107. The summed E-state index contributed by atoms with van der Waals surface area (Å²) in [5.41, 5.74) is 2.04. The predicted octanol–water partition coefficient (Wildman–Crippen LogP) is 3.08. The van der Waals surface area contributed by atoms with Crippen LogP contribution in [0.4, 0.5) is 10.6 Å². The van der Waals surface area contributed by atoms with Crippen molar-refractivity contribution in [2.24, 2.45) is 4.36 Å². The third-order valence-corrected chi connectivity index (χ3v) is 5.08. The maximum atomic E-state index is 11.1. The second-order valence-corrected chi connectivity index (χ2v) is 7.76. The van der Waals surface area contributed by atoms with E-state index in [0.717, 1.165) is 44.2 Å². The number of amides is 3. The molecular formula is C21H27N5O4S. The topological polar surface area (TPSA) is 122 Å². The van der Waals surface area contributed by atoms with Crippen LogP contribution >= 0.6 is 0 Å². The Morgan fingerprint density at radius 2 is 1.87 bits per heavy atom. The van der Waals surface area contributed by atoms with Crippen molar-refractivity contribution in [2.45, 2.75) is 51.5 Å². The van der Waals surface area contributed by atoms with Crippen molar-refractivity contribution >= 4 is 28.8 Å². The normalized spacial score (nSPS) is 13.3. The standard InChI is InChI=1S/C14H15N3O.C7H12N2O3S/c1-12-9-16-14(10-15-12)17(11-18)8-7-13-5-3-2-4-6-13;10-7(9-13(11)12)8-6-4-2-1-3-5-6/h2-6,9-11H,7-8H2,1H3;6H,1-5H2,(H,8,10). The van der Waals surface area contributed by atoms with Gasteiger partial charge in [-0.15, -0.1) is 0 Å². The zero-order valence-electron chi connectivity index (χ0n) is 17.5. The van der Waals surface area contributed by atoms with Gasteiger partial charge in [-0.3, -0.25) is 14.7 Å². The van der Waals surface area contributed by atoms with Crippen molar-refractivity contribution in [3.63, 3.8) is 0 Å². The number of benzene rings is 1. The lowest BCUT2D eigenvalue weighted by atomic mass is 9.96. The van der Waals surface area contributed by atoms with Gasteiger partial charge in [0.2, 0.25) is 6.41 Å². The van der Waals surface area contributed by atoms with Crippen molar-refractivity contribution in [3.8, 4) is 0 Å². The van der Waals surface area contributed by atoms with Crippen LogP contribution in [0.25, 0.3) is 0 Å². The number of aromatic nitrogens is 2. The van der Waals surface area contributed by atoms with Gasteiger partial charge in [0, 0.05) is 12.6 Å². The second-order valence-electron chi connectivity index (χ2n) is 7.14. The van der Waals surface area contributed by atoms with Gasteiger partial charge in [-0.2, -0.15) is 8.42 Å². The molecule has 31 heavy (non-hydrogen) atoms. The summed E-state index contributed by atoms with van der Waals surface area (Å²) in [4.78, 5) is 31.8. The molecule has 1 heterocycles. The van der Waals surface area contributed by atoms with Crippen molar-refractivity contribution in [1.29, 1.82) is 0 Å². The maximum absolute atomic E-state index is 11.1. The van der Waals surface area contributed by atoms with E-state index in [1.807, 2.05) is 37.3 Å². The maximum Gasteiger partial charge on any atom is 0.356 e. The van der Waals surface area contributed by atoms with Gasteiger partial charge in [-0.25, -0.2) is 9.78 Å². The fraction of sp³-hybridized carbons (Fsp3) is 0.429. The lowest BCUT2D eigenvalue weighted by Gasteiger charge is -2.20. The Kier molecular flexibility index (Phi) is 10.3. The molecule has 1 aliphatic carbocycles. The molecule has 1 aromatic heterocycles. The molecule has 1 aromatic carbocycles. The van der Waals surface area contributed by atoms with E-state index in [2.05, 4.69) is 19.6 Å². The molecule has 1 saturated carbocycles. The van der Waals surface area contributed by atoms with E-state index in [4.69, 9.17) is 0 Å². The molecule has 0 saturated heterocycles. The average molecular weight is 446 g/mol. The van der Waals surface area contributed by atoms with Crippen LogP contribution < -0.4 is 10.2 Å². The highest BCUT2D eigenvalue weighted by atomic mass is 32.2. The molecule has 0 bridgehead atoms. The van der Waals surface area contributed by atoms with E-state index in [9.17, 15) is 18.0 Å². The minimum absolute atomic E-state index is 0.105. The number of urea groups is 1. The number of nitrogens with zero attached hydrogens (tertiary/aromatic N) is 4. The second kappa shape index (κ2) is 13.2. The minimum atomic E-state index is -2.64. The van der Waals surface area contributed by atoms with Gasteiger partial charge >= 0.3 is 16.5 Å². The Morgan fingerprint density at radius 1 is 1.16 bits per heavy atom. The Balaban J connectivity index is 0.000000233. The van der Waals surface area contributed by atoms with Gasteiger partial charge in [0.15, 0.2) is 5.82 Å². The molecule has 1 aliphatic rings.